The molecule has 1 aliphatic heterocycles. The quantitative estimate of drug-likeness (QED) is 0.509. The van der Waals surface area contributed by atoms with Gasteiger partial charge in [0.1, 0.15) is 6.73 Å². The summed E-state index contributed by atoms with van der Waals surface area (Å²) in [6.07, 6.45) is 0. The summed E-state index contributed by atoms with van der Waals surface area (Å²) in [6.45, 7) is 3.92. The molecule has 64 valence electrons. The van der Waals surface area contributed by atoms with Crippen LogP contribution in [0, 0.1) is 0 Å². The van der Waals surface area contributed by atoms with E-state index in [0.717, 1.165) is 26.3 Å². The Hall–Kier alpha value is 0.160. The van der Waals surface area contributed by atoms with E-state index >= 15 is 0 Å². The molecule has 0 unspecified atom stereocenters. The Bertz CT molecular complexity index is 137. The molecule has 1 saturated heterocycles. The molecule has 11 heavy (non-hydrogen) atoms. The van der Waals surface area contributed by atoms with Crippen molar-refractivity contribution in [3.05, 3.63) is 0 Å². The minimum Gasteiger partial charge on any atom is -0.463 e. The maximum atomic E-state index is 5.16. The van der Waals surface area contributed by atoms with Gasteiger partial charge in [0, 0.05) is 13.1 Å². The first kappa shape index (κ1) is 9.25. The highest BCUT2D eigenvalue weighted by Crippen LogP contribution is 1.97. The van der Waals surface area contributed by atoms with Crippen molar-refractivity contribution in [2.75, 3.05) is 33.0 Å². The van der Waals surface area contributed by atoms with Gasteiger partial charge in [0.25, 0.3) is 0 Å². The Labute approximate surface area is 77.1 Å². The average molecular weight is 193 g/mol. The third-order valence-corrected chi connectivity index (χ3v) is 1.72. The van der Waals surface area contributed by atoms with Gasteiger partial charge in [0.2, 0.25) is 4.38 Å². The van der Waals surface area contributed by atoms with E-state index < -0.39 is 0 Å². The molecule has 0 atom stereocenters. The SMILES string of the molecule is S=C(S)OCN1CCOCC1. The normalized spacial score (nSPS) is 19.7. The molecule has 0 aromatic carbocycles. The van der Waals surface area contributed by atoms with Crippen molar-refractivity contribution in [2.24, 2.45) is 0 Å². The summed E-state index contributed by atoms with van der Waals surface area (Å²) in [5.41, 5.74) is 0. The molecule has 0 amide bonds. The lowest BCUT2D eigenvalue weighted by molar-refractivity contribution is 0.00281. The van der Waals surface area contributed by atoms with E-state index in [4.69, 9.17) is 9.47 Å². The highest BCUT2D eigenvalue weighted by atomic mass is 32.1. The molecule has 0 bridgehead atoms. The van der Waals surface area contributed by atoms with Gasteiger partial charge in [-0.05, 0) is 12.2 Å². The maximum Gasteiger partial charge on any atom is 0.218 e. The summed E-state index contributed by atoms with van der Waals surface area (Å²) in [5, 5.41) is 0. The van der Waals surface area contributed by atoms with E-state index in [9.17, 15) is 0 Å². The number of thiol groups is 1. The fourth-order valence-corrected chi connectivity index (χ4v) is 0.987. The molecule has 0 spiro atoms. The van der Waals surface area contributed by atoms with Crippen molar-refractivity contribution in [3.63, 3.8) is 0 Å². The van der Waals surface area contributed by atoms with E-state index in [1.807, 2.05) is 0 Å². The molecular weight excluding hydrogens is 182 g/mol. The Kier molecular flexibility index (Phi) is 4.14. The average Bonchev–Trinajstić information content (AvgIpc) is 2.03. The molecule has 0 aliphatic carbocycles. The molecule has 0 N–H and O–H groups in total. The molecule has 5 heteroatoms. The zero-order valence-electron chi connectivity index (χ0n) is 6.15. The molecule has 1 aliphatic rings. The Morgan fingerprint density at radius 1 is 1.55 bits per heavy atom. The second-order valence-corrected chi connectivity index (χ2v) is 3.35. The van der Waals surface area contributed by atoms with Crippen molar-refractivity contribution >= 4 is 29.2 Å². The highest BCUT2D eigenvalue weighted by Gasteiger charge is 2.09. The van der Waals surface area contributed by atoms with Gasteiger partial charge >= 0.3 is 0 Å². The van der Waals surface area contributed by atoms with E-state index in [1.165, 1.54) is 0 Å². The Morgan fingerprint density at radius 3 is 2.73 bits per heavy atom. The first-order valence-corrected chi connectivity index (χ1v) is 4.30. The summed E-state index contributed by atoms with van der Waals surface area (Å²) < 4.78 is 10.5. The largest absolute Gasteiger partial charge is 0.463 e. The van der Waals surface area contributed by atoms with Crippen LogP contribution in [0.2, 0.25) is 0 Å². The predicted octanol–water partition coefficient (Wildman–Crippen LogP) is 0.507. The van der Waals surface area contributed by atoms with Gasteiger partial charge in [-0.15, -0.1) is 0 Å². The van der Waals surface area contributed by atoms with Crippen LogP contribution in [0.4, 0.5) is 0 Å². The molecule has 3 nitrogen and oxygen atoms in total. The summed E-state index contributed by atoms with van der Waals surface area (Å²) in [7, 11) is 0. The molecule has 1 fully saturated rings. The topological polar surface area (TPSA) is 21.7 Å². The van der Waals surface area contributed by atoms with Crippen LogP contribution in [0.25, 0.3) is 0 Å². The number of hydrogen-bond acceptors (Lipinski definition) is 4. The minimum absolute atomic E-state index is 0.302. The summed E-state index contributed by atoms with van der Waals surface area (Å²) in [6, 6.07) is 0. The van der Waals surface area contributed by atoms with Crippen LogP contribution in [0.15, 0.2) is 0 Å². The zero-order valence-corrected chi connectivity index (χ0v) is 7.87. The molecule has 0 radical (unpaired) electrons. The fraction of sp³-hybridized carbons (Fsp3) is 0.833. The lowest BCUT2D eigenvalue weighted by atomic mass is 10.5. The summed E-state index contributed by atoms with van der Waals surface area (Å²) in [4.78, 5) is 2.13. The first-order valence-electron chi connectivity index (χ1n) is 3.45. The number of thiocarbonyl (C=S) groups is 1. The van der Waals surface area contributed by atoms with Crippen LogP contribution < -0.4 is 0 Å². The van der Waals surface area contributed by atoms with Crippen LogP contribution in [0.1, 0.15) is 0 Å². The zero-order chi connectivity index (χ0) is 8.10. The minimum atomic E-state index is 0.302. The van der Waals surface area contributed by atoms with Crippen LogP contribution in [-0.2, 0) is 9.47 Å². The summed E-state index contributed by atoms with van der Waals surface area (Å²) in [5.74, 6) is 0. The molecule has 0 saturated carbocycles. The lowest BCUT2D eigenvalue weighted by Gasteiger charge is -2.25. The number of rotatable bonds is 2. The Balaban J connectivity index is 2.09. The monoisotopic (exact) mass is 193 g/mol. The van der Waals surface area contributed by atoms with Crippen LogP contribution >= 0.6 is 24.8 Å². The second-order valence-electron chi connectivity index (χ2n) is 2.27. The number of ether oxygens (including phenoxy) is 2. The molecule has 1 rings (SSSR count). The van der Waals surface area contributed by atoms with E-state index in [2.05, 4.69) is 29.7 Å². The second kappa shape index (κ2) is 4.92. The van der Waals surface area contributed by atoms with Gasteiger partial charge in [0.05, 0.1) is 13.2 Å². The smallest absolute Gasteiger partial charge is 0.218 e. The van der Waals surface area contributed by atoms with Gasteiger partial charge in [0.15, 0.2) is 0 Å². The standard InChI is InChI=1S/C6H11NO2S2/c10-6(11)9-5-7-1-3-8-4-2-7/h1-5H2,(H,10,11). The van der Waals surface area contributed by atoms with Crippen LogP contribution in [0.5, 0.6) is 0 Å². The molecular formula is C6H11NO2S2. The fourth-order valence-electron chi connectivity index (χ4n) is 0.877. The van der Waals surface area contributed by atoms with Crippen LogP contribution in [-0.4, -0.2) is 42.3 Å². The van der Waals surface area contributed by atoms with Gasteiger partial charge in [-0.2, -0.15) is 0 Å². The van der Waals surface area contributed by atoms with E-state index in [-0.39, 0.29) is 0 Å². The molecule has 0 aromatic rings. The van der Waals surface area contributed by atoms with Crippen LogP contribution in [0.3, 0.4) is 0 Å². The van der Waals surface area contributed by atoms with Crippen molar-refractivity contribution < 1.29 is 9.47 Å². The van der Waals surface area contributed by atoms with Crippen molar-refractivity contribution in [1.29, 1.82) is 0 Å². The first-order chi connectivity index (χ1) is 5.29. The van der Waals surface area contributed by atoms with Crippen molar-refractivity contribution in [2.45, 2.75) is 0 Å². The summed E-state index contributed by atoms with van der Waals surface area (Å²) >= 11 is 8.50. The third-order valence-electron chi connectivity index (χ3n) is 1.47. The van der Waals surface area contributed by atoms with Gasteiger partial charge < -0.3 is 9.47 Å². The maximum absolute atomic E-state index is 5.16. The van der Waals surface area contributed by atoms with Crippen molar-refractivity contribution in [1.82, 2.24) is 4.90 Å². The number of hydrogen-bond donors (Lipinski definition) is 1. The highest BCUT2D eigenvalue weighted by molar-refractivity contribution is 8.10. The lowest BCUT2D eigenvalue weighted by Crippen LogP contribution is -2.37. The molecule has 1 heterocycles. The number of morpholine rings is 1. The van der Waals surface area contributed by atoms with Gasteiger partial charge in [-0.1, -0.05) is 12.6 Å². The predicted molar refractivity (Wildman–Crippen MR) is 49.9 cm³/mol. The molecule has 0 aromatic heterocycles. The Morgan fingerprint density at radius 2 is 2.18 bits per heavy atom. The van der Waals surface area contributed by atoms with Gasteiger partial charge in [-0.3, -0.25) is 4.90 Å². The van der Waals surface area contributed by atoms with E-state index in [0.29, 0.717) is 11.1 Å². The van der Waals surface area contributed by atoms with E-state index in [1.54, 1.807) is 0 Å². The van der Waals surface area contributed by atoms with Crippen molar-refractivity contribution in [3.8, 4) is 0 Å². The number of nitrogens with zero attached hydrogens (tertiary/aromatic N) is 1. The third kappa shape index (κ3) is 3.91. The van der Waals surface area contributed by atoms with Gasteiger partial charge in [-0.25, -0.2) is 0 Å².